The van der Waals surface area contributed by atoms with Gasteiger partial charge in [-0.15, -0.1) is 0 Å². The summed E-state index contributed by atoms with van der Waals surface area (Å²) in [6.45, 7) is 11.6. The number of benzene rings is 2. The molecule has 1 N–H and O–H groups in total. The first-order valence-electron chi connectivity index (χ1n) is 8.15. The van der Waals surface area contributed by atoms with Gasteiger partial charge in [0, 0.05) is 17.8 Å². The molecule has 0 heterocycles. The van der Waals surface area contributed by atoms with Crippen molar-refractivity contribution < 1.29 is 4.43 Å². The monoisotopic (exact) mass is 337 g/mol. The third-order valence-corrected chi connectivity index (χ3v) is 4.37. The van der Waals surface area contributed by atoms with E-state index in [9.17, 15) is 0 Å². The summed E-state index contributed by atoms with van der Waals surface area (Å²) < 4.78 is 6.12. The molecule has 1 radical (unpaired) electrons. The fraction of sp³-hybridized carbons (Fsp3) is 0.350. The number of nitrogens with zero attached hydrogens (tertiary/aromatic N) is 1. The van der Waals surface area contributed by atoms with Crippen molar-refractivity contribution in [3.05, 3.63) is 59.2 Å². The van der Waals surface area contributed by atoms with Crippen LogP contribution in [0.25, 0.3) is 0 Å². The molecular weight excluding hydrogens is 312 g/mol. The van der Waals surface area contributed by atoms with Crippen molar-refractivity contribution >= 4 is 14.7 Å². The number of hydrogen-bond acceptors (Lipinski definition) is 3. The smallest absolute Gasteiger partial charge is 0.274 e. The van der Waals surface area contributed by atoms with E-state index in [2.05, 4.69) is 63.5 Å². The van der Waals surface area contributed by atoms with Gasteiger partial charge in [0.1, 0.15) is 5.75 Å². The maximum Gasteiger partial charge on any atom is 0.274 e. The van der Waals surface area contributed by atoms with Crippen LogP contribution in [0.4, 0.5) is 5.69 Å². The van der Waals surface area contributed by atoms with Crippen molar-refractivity contribution in [2.75, 3.05) is 5.32 Å². The van der Waals surface area contributed by atoms with E-state index >= 15 is 0 Å². The molecule has 0 aliphatic carbocycles. The van der Waals surface area contributed by atoms with E-state index in [1.54, 1.807) is 0 Å². The first-order valence-corrected chi connectivity index (χ1v) is 10.6. The van der Waals surface area contributed by atoms with Crippen LogP contribution >= 0.6 is 0 Å². The fourth-order valence-electron chi connectivity index (χ4n) is 2.34. The molecule has 0 spiro atoms. The zero-order chi connectivity index (χ0) is 17.7. The lowest BCUT2D eigenvalue weighted by molar-refractivity contribution is 0.554. The minimum Gasteiger partial charge on any atom is -0.542 e. The minimum absolute atomic E-state index is 0.103. The predicted molar refractivity (Wildman–Crippen MR) is 102 cm³/mol. The van der Waals surface area contributed by atoms with Gasteiger partial charge in [-0.05, 0) is 54.4 Å². The van der Waals surface area contributed by atoms with Crippen LogP contribution in [0, 0.1) is 11.3 Å². The molecule has 2 aromatic carbocycles. The van der Waals surface area contributed by atoms with Crippen LogP contribution in [0.1, 0.15) is 37.5 Å². The van der Waals surface area contributed by atoms with Gasteiger partial charge in [0.25, 0.3) is 9.04 Å². The maximum absolute atomic E-state index is 8.86. The van der Waals surface area contributed by atoms with Crippen LogP contribution < -0.4 is 9.74 Å². The molecule has 0 fully saturated rings. The van der Waals surface area contributed by atoms with Gasteiger partial charge in [0.2, 0.25) is 0 Å². The Hall–Kier alpha value is -2.25. The molecule has 2 aromatic rings. The molecule has 4 heteroatoms. The Morgan fingerprint density at radius 3 is 2.29 bits per heavy atom. The Kier molecular flexibility index (Phi) is 5.69. The standard InChI is InChI=1S/C20H25N2OSi/c1-20(2,3)17-9-8-16(19(12-17)23-24(4)5)14-22-18-10-6-15(13-21)7-11-18/h6-12,22H,14H2,1-5H3. The van der Waals surface area contributed by atoms with E-state index < -0.39 is 9.04 Å². The lowest BCUT2D eigenvalue weighted by Crippen LogP contribution is -2.16. The Labute approximate surface area is 147 Å². The van der Waals surface area contributed by atoms with Crippen LogP contribution in [0.15, 0.2) is 42.5 Å². The third kappa shape index (κ3) is 4.87. The Bertz CT molecular complexity index is 725. The molecule has 2 rings (SSSR count). The van der Waals surface area contributed by atoms with Gasteiger partial charge in [-0.3, -0.25) is 0 Å². The average molecular weight is 338 g/mol. The van der Waals surface area contributed by atoms with Crippen molar-refractivity contribution in [2.45, 2.75) is 45.8 Å². The molecule has 0 atom stereocenters. The van der Waals surface area contributed by atoms with E-state index in [0.717, 1.165) is 17.0 Å². The second kappa shape index (κ2) is 7.54. The number of anilines is 1. The summed E-state index contributed by atoms with van der Waals surface area (Å²) in [7, 11) is -0.825. The molecule has 125 valence electrons. The molecule has 0 aliphatic heterocycles. The minimum atomic E-state index is -0.825. The largest absolute Gasteiger partial charge is 0.542 e. The number of nitriles is 1. The zero-order valence-corrected chi connectivity index (χ0v) is 16.1. The third-order valence-electron chi connectivity index (χ3n) is 3.74. The highest BCUT2D eigenvalue weighted by Gasteiger charge is 2.17. The van der Waals surface area contributed by atoms with Gasteiger partial charge in [-0.25, -0.2) is 0 Å². The summed E-state index contributed by atoms with van der Waals surface area (Å²) in [4.78, 5) is 0. The highest BCUT2D eigenvalue weighted by atomic mass is 28.3. The van der Waals surface area contributed by atoms with Crippen molar-refractivity contribution in [2.24, 2.45) is 0 Å². The van der Waals surface area contributed by atoms with Crippen LogP contribution in [0.3, 0.4) is 0 Å². The number of nitrogens with one attached hydrogen (secondary N) is 1. The highest BCUT2D eigenvalue weighted by molar-refractivity contribution is 6.49. The molecule has 0 saturated carbocycles. The summed E-state index contributed by atoms with van der Waals surface area (Å²) in [6, 6.07) is 16.1. The summed E-state index contributed by atoms with van der Waals surface area (Å²) in [5.74, 6) is 0.974. The van der Waals surface area contributed by atoms with Gasteiger partial charge in [0.05, 0.1) is 11.6 Å². The highest BCUT2D eigenvalue weighted by Crippen LogP contribution is 2.29. The lowest BCUT2D eigenvalue weighted by Gasteiger charge is -2.22. The van der Waals surface area contributed by atoms with Crippen LogP contribution in [-0.4, -0.2) is 9.04 Å². The lowest BCUT2D eigenvalue weighted by atomic mass is 9.86. The molecular formula is C20H25N2OSi. The van der Waals surface area contributed by atoms with Gasteiger partial charge in [-0.1, -0.05) is 32.9 Å². The average Bonchev–Trinajstić information content (AvgIpc) is 2.52. The second-order valence-electron chi connectivity index (χ2n) is 7.13. The first kappa shape index (κ1) is 18.1. The van der Waals surface area contributed by atoms with Gasteiger partial charge in [-0.2, -0.15) is 5.26 Å². The van der Waals surface area contributed by atoms with Gasteiger partial charge >= 0.3 is 0 Å². The quantitative estimate of drug-likeness (QED) is 0.772. The van der Waals surface area contributed by atoms with Crippen LogP contribution in [-0.2, 0) is 12.0 Å². The first-order chi connectivity index (χ1) is 11.3. The van der Waals surface area contributed by atoms with Crippen molar-refractivity contribution in [1.82, 2.24) is 0 Å². The molecule has 0 amide bonds. The van der Waals surface area contributed by atoms with E-state index in [1.165, 1.54) is 5.56 Å². The van der Waals surface area contributed by atoms with E-state index in [4.69, 9.17) is 9.69 Å². The summed E-state index contributed by atoms with van der Waals surface area (Å²) in [6.07, 6.45) is 0. The molecule has 3 nitrogen and oxygen atoms in total. The van der Waals surface area contributed by atoms with E-state index in [0.29, 0.717) is 12.1 Å². The van der Waals surface area contributed by atoms with Crippen LogP contribution in [0.2, 0.25) is 13.1 Å². The zero-order valence-electron chi connectivity index (χ0n) is 15.1. The van der Waals surface area contributed by atoms with Crippen molar-refractivity contribution in [3.8, 4) is 11.8 Å². The molecule has 0 saturated heterocycles. The molecule has 24 heavy (non-hydrogen) atoms. The summed E-state index contributed by atoms with van der Waals surface area (Å²) in [5, 5.41) is 12.3. The maximum atomic E-state index is 8.86. The molecule has 0 unspecified atom stereocenters. The molecule has 0 aliphatic rings. The Balaban J connectivity index is 2.19. The fourth-order valence-corrected chi connectivity index (χ4v) is 2.97. The summed E-state index contributed by atoms with van der Waals surface area (Å²) in [5.41, 5.74) is 4.20. The van der Waals surface area contributed by atoms with E-state index in [-0.39, 0.29) is 5.41 Å². The van der Waals surface area contributed by atoms with E-state index in [1.807, 2.05) is 24.3 Å². The van der Waals surface area contributed by atoms with Crippen molar-refractivity contribution in [3.63, 3.8) is 0 Å². The predicted octanol–water partition coefficient (Wildman–Crippen LogP) is 5.10. The SMILES string of the molecule is C[Si](C)Oc1cc(C(C)(C)C)ccc1CNc1ccc(C#N)cc1. The van der Waals surface area contributed by atoms with Crippen LogP contribution in [0.5, 0.6) is 5.75 Å². The normalized spacial score (nSPS) is 11.2. The number of rotatable bonds is 5. The van der Waals surface area contributed by atoms with Gasteiger partial charge < -0.3 is 9.74 Å². The Morgan fingerprint density at radius 2 is 1.75 bits per heavy atom. The Morgan fingerprint density at radius 1 is 1.08 bits per heavy atom. The summed E-state index contributed by atoms with van der Waals surface area (Å²) >= 11 is 0. The van der Waals surface area contributed by atoms with Gasteiger partial charge in [0.15, 0.2) is 0 Å². The number of hydrogen-bond donors (Lipinski definition) is 1. The second-order valence-corrected chi connectivity index (χ2v) is 9.15. The van der Waals surface area contributed by atoms with Crippen molar-refractivity contribution in [1.29, 1.82) is 5.26 Å². The topological polar surface area (TPSA) is 45.0 Å². The molecule has 0 bridgehead atoms. The molecule has 0 aromatic heterocycles.